The van der Waals surface area contributed by atoms with E-state index in [0.717, 1.165) is 5.75 Å². The van der Waals surface area contributed by atoms with Crippen LogP contribution < -0.4 is 5.32 Å². The van der Waals surface area contributed by atoms with Crippen molar-refractivity contribution in [1.82, 2.24) is 4.90 Å². The van der Waals surface area contributed by atoms with Gasteiger partial charge in [-0.25, -0.2) is 14.0 Å². The second-order valence-corrected chi connectivity index (χ2v) is 6.85. The number of hydrogen-bond donors (Lipinski definition) is 1. The fourth-order valence-corrected chi connectivity index (χ4v) is 3.99. The van der Waals surface area contributed by atoms with Gasteiger partial charge < -0.3 is 15.0 Å². The molecule has 136 valence electrons. The summed E-state index contributed by atoms with van der Waals surface area (Å²) in [4.78, 5) is 25.9. The number of carbonyl (C=O) groups is 2. The standard InChI is InChI=1S/C19H19FN2O3S/c1-2-25-18(23)13-7-9-14(10-8-13)21-19(24)22-11-12-26-17(22)15-5-3-4-6-16(15)20/h3-10,17H,2,11-12H2,1H3,(H,21,24)/t17-/m1/s1. The highest BCUT2D eigenvalue weighted by Gasteiger charge is 2.32. The van der Waals surface area contributed by atoms with Crippen molar-refractivity contribution in [3.8, 4) is 0 Å². The highest BCUT2D eigenvalue weighted by atomic mass is 32.2. The third-order valence-corrected chi connectivity index (χ3v) is 5.21. The lowest BCUT2D eigenvalue weighted by Crippen LogP contribution is -2.34. The van der Waals surface area contributed by atoms with Crippen molar-refractivity contribution < 1.29 is 18.7 Å². The third kappa shape index (κ3) is 3.99. The molecule has 1 fully saturated rings. The van der Waals surface area contributed by atoms with E-state index < -0.39 is 5.97 Å². The van der Waals surface area contributed by atoms with E-state index in [1.54, 1.807) is 54.3 Å². The van der Waals surface area contributed by atoms with Crippen LogP contribution in [-0.2, 0) is 4.74 Å². The van der Waals surface area contributed by atoms with E-state index in [-0.39, 0.29) is 17.2 Å². The van der Waals surface area contributed by atoms with Crippen LogP contribution in [0.3, 0.4) is 0 Å². The maximum Gasteiger partial charge on any atom is 0.338 e. The van der Waals surface area contributed by atoms with E-state index in [9.17, 15) is 14.0 Å². The van der Waals surface area contributed by atoms with E-state index >= 15 is 0 Å². The van der Waals surface area contributed by atoms with Gasteiger partial charge in [-0.3, -0.25) is 0 Å². The number of thioether (sulfide) groups is 1. The van der Waals surface area contributed by atoms with Crippen LogP contribution in [0.1, 0.15) is 28.2 Å². The summed E-state index contributed by atoms with van der Waals surface area (Å²) in [5, 5.41) is 2.45. The lowest BCUT2D eigenvalue weighted by Gasteiger charge is -2.24. The molecule has 2 aromatic carbocycles. The van der Waals surface area contributed by atoms with Crippen LogP contribution in [0.4, 0.5) is 14.9 Å². The summed E-state index contributed by atoms with van der Waals surface area (Å²) in [5.41, 5.74) is 1.49. The van der Waals surface area contributed by atoms with Gasteiger partial charge in [-0.2, -0.15) is 0 Å². The van der Waals surface area contributed by atoms with E-state index in [4.69, 9.17) is 4.74 Å². The number of esters is 1. The van der Waals surface area contributed by atoms with Crippen molar-refractivity contribution in [2.75, 3.05) is 24.2 Å². The SMILES string of the molecule is CCOC(=O)c1ccc(NC(=O)N2CCS[C@@H]2c2ccccc2F)cc1. The normalized spacial score (nSPS) is 16.4. The number of halogens is 1. The van der Waals surface area contributed by atoms with Crippen molar-refractivity contribution in [1.29, 1.82) is 0 Å². The molecule has 1 aliphatic heterocycles. The molecule has 1 aliphatic rings. The Hall–Kier alpha value is -2.54. The maximum absolute atomic E-state index is 14.1. The molecule has 1 heterocycles. The fourth-order valence-electron chi connectivity index (χ4n) is 2.71. The zero-order valence-electron chi connectivity index (χ0n) is 14.3. The molecular formula is C19H19FN2O3S. The summed E-state index contributed by atoms with van der Waals surface area (Å²) in [6.07, 6.45) is 0. The van der Waals surface area contributed by atoms with Crippen LogP contribution in [0.5, 0.6) is 0 Å². The zero-order chi connectivity index (χ0) is 18.5. The van der Waals surface area contributed by atoms with E-state index in [0.29, 0.717) is 30.0 Å². The van der Waals surface area contributed by atoms with Gasteiger partial charge in [0.15, 0.2) is 0 Å². The topological polar surface area (TPSA) is 58.6 Å². The van der Waals surface area contributed by atoms with Gasteiger partial charge in [-0.05, 0) is 37.3 Å². The Morgan fingerprint density at radius 2 is 1.96 bits per heavy atom. The Bertz CT molecular complexity index is 798. The number of amides is 2. The molecule has 26 heavy (non-hydrogen) atoms. The number of hydrogen-bond acceptors (Lipinski definition) is 4. The summed E-state index contributed by atoms with van der Waals surface area (Å²) in [5.74, 6) is 0.0261. The minimum Gasteiger partial charge on any atom is -0.462 e. The Labute approximate surface area is 155 Å². The first-order chi connectivity index (χ1) is 12.6. The number of benzene rings is 2. The average molecular weight is 374 g/mol. The number of carbonyl (C=O) groups excluding carboxylic acids is 2. The van der Waals surface area contributed by atoms with Gasteiger partial charge in [0.25, 0.3) is 0 Å². The largest absolute Gasteiger partial charge is 0.462 e. The third-order valence-electron chi connectivity index (χ3n) is 3.97. The van der Waals surface area contributed by atoms with Gasteiger partial charge >= 0.3 is 12.0 Å². The lowest BCUT2D eigenvalue weighted by atomic mass is 10.2. The van der Waals surface area contributed by atoms with Crippen molar-refractivity contribution in [3.63, 3.8) is 0 Å². The van der Waals surface area contributed by atoms with Crippen molar-refractivity contribution >= 4 is 29.4 Å². The van der Waals surface area contributed by atoms with E-state index in [2.05, 4.69) is 5.32 Å². The van der Waals surface area contributed by atoms with Crippen LogP contribution in [0.25, 0.3) is 0 Å². The molecule has 0 bridgehead atoms. The number of rotatable bonds is 4. The smallest absolute Gasteiger partial charge is 0.338 e. The molecule has 0 aromatic heterocycles. The minimum absolute atomic E-state index is 0.299. The first kappa shape index (κ1) is 18.3. The average Bonchev–Trinajstić information content (AvgIpc) is 3.12. The molecule has 0 unspecified atom stereocenters. The number of nitrogens with zero attached hydrogens (tertiary/aromatic N) is 1. The van der Waals surface area contributed by atoms with Crippen LogP contribution in [-0.4, -0.2) is 35.8 Å². The van der Waals surface area contributed by atoms with Gasteiger partial charge in [0.2, 0.25) is 0 Å². The number of anilines is 1. The molecule has 2 amide bonds. The zero-order valence-corrected chi connectivity index (χ0v) is 15.1. The molecule has 0 saturated carbocycles. The first-order valence-electron chi connectivity index (χ1n) is 8.31. The quantitative estimate of drug-likeness (QED) is 0.812. The minimum atomic E-state index is -0.402. The first-order valence-corrected chi connectivity index (χ1v) is 9.36. The predicted octanol–water partition coefficient (Wildman–Crippen LogP) is 4.28. The number of ether oxygens (including phenoxy) is 1. The summed E-state index contributed by atoms with van der Waals surface area (Å²) in [6.45, 7) is 2.59. The monoisotopic (exact) mass is 374 g/mol. The van der Waals surface area contributed by atoms with Crippen molar-refractivity contribution in [2.24, 2.45) is 0 Å². The molecular weight excluding hydrogens is 355 g/mol. The summed E-state index contributed by atoms with van der Waals surface area (Å²) >= 11 is 1.53. The summed E-state index contributed by atoms with van der Waals surface area (Å²) < 4.78 is 19.0. The van der Waals surface area contributed by atoms with Crippen molar-refractivity contribution in [2.45, 2.75) is 12.3 Å². The number of nitrogens with one attached hydrogen (secondary N) is 1. The Morgan fingerprint density at radius 3 is 2.65 bits per heavy atom. The van der Waals surface area contributed by atoms with Gasteiger partial charge in [-0.15, -0.1) is 11.8 Å². The molecule has 3 rings (SSSR count). The molecule has 1 N–H and O–H groups in total. The second kappa shape index (κ2) is 8.23. The second-order valence-electron chi connectivity index (χ2n) is 5.67. The molecule has 0 spiro atoms. The van der Waals surface area contributed by atoms with Crippen LogP contribution >= 0.6 is 11.8 Å². The van der Waals surface area contributed by atoms with Crippen LogP contribution in [0.15, 0.2) is 48.5 Å². The van der Waals surface area contributed by atoms with Crippen molar-refractivity contribution in [3.05, 3.63) is 65.5 Å². The summed E-state index contributed by atoms with van der Waals surface area (Å²) in [6, 6.07) is 12.7. The highest BCUT2D eigenvalue weighted by Crippen LogP contribution is 2.39. The summed E-state index contributed by atoms with van der Waals surface area (Å²) in [7, 11) is 0. The fraction of sp³-hybridized carbons (Fsp3) is 0.263. The Morgan fingerprint density at radius 1 is 1.23 bits per heavy atom. The van der Waals surface area contributed by atoms with Crippen LogP contribution in [0.2, 0.25) is 0 Å². The predicted molar refractivity (Wildman–Crippen MR) is 99.7 cm³/mol. The Balaban J connectivity index is 1.69. The van der Waals surface area contributed by atoms with Gasteiger partial charge in [0.1, 0.15) is 11.2 Å². The van der Waals surface area contributed by atoms with Gasteiger partial charge in [-0.1, -0.05) is 18.2 Å². The molecule has 0 aliphatic carbocycles. The van der Waals surface area contributed by atoms with E-state index in [1.807, 2.05) is 0 Å². The number of urea groups is 1. The highest BCUT2D eigenvalue weighted by molar-refractivity contribution is 7.99. The molecule has 0 radical (unpaired) electrons. The molecule has 2 aromatic rings. The molecule has 1 atom stereocenters. The van der Waals surface area contributed by atoms with Gasteiger partial charge in [0.05, 0.1) is 12.2 Å². The molecule has 5 nitrogen and oxygen atoms in total. The lowest BCUT2D eigenvalue weighted by molar-refractivity contribution is 0.0526. The maximum atomic E-state index is 14.1. The Kier molecular flexibility index (Phi) is 5.78. The van der Waals surface area contributed by atoms with Gasteiger partial charge in [0, 0.05) is 23.5 Å². The molecule has 1 saturated heterocycles. The molecule has 7 heteroatoms. The van der Waals surface area contributed by atoms with Crippen LogP contribution in [0, 0.1) is 5.82 Å². The van der Waals surface area contributed by atoms with E-state index in [1.165, 1.54) is 17.8 Å².